The molecule has 1 aliphatic rings. The molecule has 6 heteroatoms. The van der Waals surface area contributed by atoms with Crippen molar-refractivity contribution in [2.24, 2.45) is 0 Å². The van der Waals surface area contributed by atoms with Crippen molar-refractivity contribution in [1.29, 1.82) is 0 Å². The average Bonchev–Trinajstić information content (AvgIpc) is 3.03. The van der Waals surface area contributed by atoms with E-state index in [1.165, 1.54) is 18.1 Å². The second-order valence-electron chi connectivity index (χ2n) is 4.56. The van der Waals surface area contributed by atoms with E-state index in [4.69, 9.17) is 0 Å². The summed E-state index contributed by atoms with van der Waals surface area (Å²) >= 11 is 1.30. The van der Waals surface area contributed by atoms with Crippen molar-refractivity contribution in [3.8, 4) is 0 Å². The van der Waals surface area contributed by atoms with Gasteiger partial charge in [-0.1, -0.05) is 17.8 Å². The van der Waals surface area contributed by atoms with E-state index in [1.807, 2.05) is 30.5 Å². The normalized spacial score (nSPS) is 13.7. The maximum Gasteiger partial charge on any atom is 0.198 e. The molecule has 5 nitrogen and oxygen atoms in total. The topological polar surface area (TPSA) is 70.7 Å². The van der Waals surface area contributed by atoms with Gasteiger partial charge in [-0.15, -0.1) is 0 Å². The molecule has 20 heavy (non-hydrogen) atoms. The van der Waals surface area contributed by atoms with Gasteiger partial charge in [0.15, 0.2) is 5.12 Å². The van der Waals surface area contributed by atoms with Gasteiger partial charge in [0.2, 0.25) is 0 Å². The SMILES string of the molecule is O=C1Cc2ccc(Nc3ncnc4[nH]ccc34)cc2S1. The molecule has 0 radical (unpaired) electrons. The molecular formula is C14H10N4OS. The summed E-state index contributed by atoms with van der Waals surface area (Å²) in [7, 11) is 0. The lowest BCUT2D eigenvalue weighted by atomic mass is 10.1. The van der Waals surface area contributed by atoms with Crippen LogP contribution in [0.2, 0.25) is 0 Å². The smallest absolute Gasteiger partial charge is 0.198 e. The van der Waals surface area contributed by atoms with Crippen molar-refractivity contribution in [2.45, 2.75) is 11.3 Å². The van der Waals surface area contributed by atoms with Crippen molar-refractivity contribution in [2.75, 3.05) is 5.32 Å². The molecule has 0 saturated heterocycles. The fraction of sp³-hybridized carbons (Fsp3) is 0.0714. The van der Waals surface area contributed by atoms with Gasteiger partial charge >= 0.3 is 0 Å². The summed E-state index contributed by atoms with van der Waals surface area (Å²) < 4.78 is 0. The highest BCUT2D eigenvalue weighted by Gasteiger charge is 2.19. The lowest BCUT2D eigenvalue weighted by molar-refractivity contribution is -0.110. The minimum Gasteiger partial charge on any atom is -0.346 e. The summed E-state index contributed by atoms with van der Waals surface area (Å²) in [5.41, 5.74) is 2.82. The predicted octanol–water partition coefficient (Wildman–Crippen LogP) is 2.88. The molecule has 98 valence electrons. The molecule has 0 fully saturated rings. The summed E-state index contributed by atoms with van der Waals surface area (Å²) in [6, 6.07) is 7.89. The van der Waals surface area contributed by atoms with Gasteiger partial charge in [0, 0.05) is 23.2 Å². The third kappa shape index (κ3) is 1.85. The van der Waals surface area contributed by atoms with Gasteiger partial charge < -0.3 is 10.3 Å². The minimum atomic E-state index is 0.201. The van der Waals surface area contributed by atoms with Gasteiger partial charge in [-0.05, 0) is 23.8 Å². The van der Waals surface area contributed by atoms with Crippen molar-refractivity contribution < 1.29 is 4.79 Å². The van der Waals surface area contributed by atoms with Crippen molar-refractivity contribution in [3.05, 3.63) is 42.4 Å². The Hall–Kier alpha value is -2.34. The lowest BCUT2D eigenvalue weighted by Gasteiger charge is -2.07. The van der Waals surface area contributed by atoms with Crippen LogP contribution in [0.3, 0.4) is 0 Å². The van der Waals surface area contributed by atoms with Crippen LogP contribution < -0.4 is 5.32 Å². The van der Waals surface area contributed by atoms with E-state index in [0.717, 1.165) is 33.0 Å². The van der Waals surface area contributed by atoms with Gasteiger partial charge in [-0.2, -0.15) is 0 Å². The number of carbonyl (C=O) groups is 1. The van der Waals surface area contributed by atoms with Crippen LogP contribution in [-0.2, 0) is 11.2 Å². The van der Waals surface area contributed by atoms with E-state index in [9.17, 15) is 4.79 Å². The zero-order valence-electron chi connectivity index (χ0n) is 10.4. The monoisotopic (exact) mass is 282 g/mol. The highest BCUT2D eigenvalue weighted by Crippen LogP contribution is 2.35. The van der Waals surface area contributed by atoms with E-state index in [2.05, 4.69) is 20.3 Å². The standard InChI is InChI=1S/C14H10N4OS/c19-12-5-8-1-2-9(6-11(8)20-12)18-14-10-3-4-15-13(10)16-7-17-14/h1-4,6-7H,5H2,(H2,15,16,17,18). The molecule has 1 aliphatic heterocycles. The Labute approximate surface area is 118 Å². The number of hydrogen-bond acceptors (Lipinski definition) is 5. The average molecular weight is 282 g/mol. The first kappa shape index (κ1) is 11.5. The molecule has 3 aromatic rings. The summed E-state index contributed by atoms with van der Waals surface area (Å²) in [5, 5.41) is 4.42. The van der Waals surface area contributed by atoms with Crippen LogP contribution in [0.5, 0.6) is 0 Å². The lowest BCUT2D eigenvalue weighted by Crippen LogP contribution is -1.95. The molecule has 1 aromatic carbocycles. The van der Waals surface area contributed by atoms with Gasteiger partial charge in [-0.3, -0.25) is 4.79 Å². The third-order valence-corrected chi connectivity index (χ3v) is 4.21. The highest BCUT2D eigenvalue weighted by molar-refractivity contribution is 8.14. The van der Waals surface area contributed by atoms with E-state index < -0.39 is 0 Å². The Morgan fingerprint density at radius 3 is 3.15 bits per heavy atom. The predicted molar refractivity (Wildman–Crippen MR) is 78.2 cm³/mol. The molecule has 0 unspecified atom stereocenters. The van der Waals surface area contributed by atoms with E-state index >= 15 is 0 Å². The number of fused-ring (bicyclic) bond motifs is 2. The number of benzene rings is 1. The number of aromatic nitrogens is 3. The van der Waals surface area contributed by atoms with Crippen LogP contribution in [0, 0.1) is 0 Å². The fourth-order valence-electron chi connectivity index (χ4n) is 2.30. The first-order valence-corrected chi connectivity index (χ1v) is 7.00. The number of hydrogen-bond donors (Lipinski definition) is 2. The molecule has 0 atom stereocenters. The summed E-state index contributed by atoms with van der Waals surface area (Å²) in [5.74, 6) is 0.755. The number of rotatable bonds is 2. The second-order valence-corrected chi connectivity index (χ2v) is 5.66. The van der Waals surface area contributed by atoms with E-state index in [1.54, 1.807) is 0 Å². The molecule has 0 aliphatic carbocycles. The summed E-state index contributed by atoms with van der Waals surface area (Å²) in [4.78, 5) is 23.9. The number of nitrogens with zero attached hydrogens (tertiary/aromatic N) is 2. The molecule has 0 amide bonds. The Balaban J connectivity index is 1.71. The van der Waals surface area contributed by atoms with Gasteiger partial charge in [0.05, 0.1) is 5.39 Å². The zero-order valence-corrected chi connectivity index (χ0v) is 11.2. The number of anilines is 2. The van der Waals surface area contributed by atoms with Crippen LogP contribution in [0.25, 0.3) is 11.0 Å². The van der Waals surface area contributed by atoms with Crippen molar-refractivity contribution in [3.63, 3.8) is 0 Å². The molecule has 2 N–H and O–H groups in total. The van der Waals surface area contributed by atoms with Gasteiger partial charge in [0.1, 0.15) is 17.8 Å². The zero-order chi connectivity index (χ0) is 13.5. The molecule has 0 saturated carbocycles. The number of carbonyl (C=O) groups excluding carboxylic acids is 1. The van der Waals surface area contributed by atoms with Crippen molar-refractivity contribution >= 4 is 39.4 Å². The van der Waals surface area contributed by atoms with Gasteiger partial charge in [-0.25, -0.2) is 9.97 Å². The van der Waals surface area contributed by atoms with E-state index in [-0.39, 0.29) is 5.12 Å². The molecule has 3 heterocycles. The maximum atomic E-state index is 11.4. The van der Waals surface area contributed by atoms with Crippen LogP contribution in [0.1, 0.15) is 5.56 Å². The Morgan fingerprint density at radius 2 is 2.20 bits per heavy atom. The Kier molecular flexibility index (Phi) is 2.50. The maximum absolute atomic E-state index is 11.4. The first-order chi connectivity index (χ1) is 9.79. The number of thioether (sulfide) groups is 1. The molecular weight excluding hydrogens is 272 g/mol. The summed E-state index contributed by atoms with van der Waals surface area (Å²) in [6.45, 7) is 0. The molecule has 2 aromatic heterocycles. The second kappa shape index (κ2) is 4.35. The fourth-order valence-corrected chi connectivity index (χ4v) is 3.23. The van der Waals surface area contributed by atoms with Gasteiger partial charge in [0.25, 0.3) is 0 Å². The Bertz CT molecular complexity index is 827. The molecule has 0 bridgehead atoms. The molecule has 0 spiro atoms. The van der Waals surface area contributed by atoms with Crippen LogP contribution in [0.4, 0.5) is 11.5 Å². The highest BCUT2D eigenvalue weighted by atomic mass is 32.2. The quantitative estimate of drug-likeness (QED) is 0.756. The first-order valence-electron chi connectivity index (χ1n) is 6.18. The Morgan fingerprint density at radius 1 is 1.25 bits per heavy atom. The number of nitrogens with one attached hydrogen (secondary N) is 2. The minimum absolute atomic E-state index is 0.201. The van der Waals surface area contributed by atoms with Crippen LogP contribution in [0.15, 0.2) is 41.7 Å². The van der Waals surface area contributed by atoms with Crippen molar-refractivity contribution in [1.82, 2.24) is 15.0 Å². The number of H-pyrrole nitrogens is 1. The number of aromatic amines is 1. The molecule has 4 rings (SSSR count). The largest absolute Gasteiger partial charge is 0.346 e. The third-order valence-electron chi connectivity index (χ3n) is 3.24. The van der Waals surface area contributed by atoms with E-state index in [0.29, 0.717) is 6.42 Å². The van der Waals surface area contributed by atoms with Crippen LogP contribution >= 0.6 is 11.8 Å². The van der Waals surface area contributed by atoms with Crippen LogP contribution in [-0.4, -0.2) is 20.1 Å². The summed E-state index contributed by atoms with van der Waals surface area (Å²) in [6.07, 6.45) is 3.88.